The van der Waals surface area contributed by atoms with Gasteiger partial charge in [-0.05, 0) is 60.1 Å². The van der Waals surface area contributed by atoms with E-state index in [9.17, 15) is 23.6 Å². The Kier molecular flexibility index (Phi) is 11.9. The Labute approximate surface area is 341 Å². The predicted molar refractivity (Wildman–Crippen MR) is 215 cm³/mol. The average Bonchev–Trinajstić information content (AvgIpc) is 3.64. The Balaban J connectivity index is 1.12. The van der Waals surface area contributed by atoms with Crippen molar-refractivity contribution < 1.29 is 44.7 Å². The first-order valence-corrected chi connectivity index (χ1v) is 23.3. The average molecular weight is 913 g/mol. The van der Waals surface area contributed by atoms with Gasteiger partial charge in [0.05, 0.1) is 6.20 Å². The predicted octanol–water partition coefficient (Wildman–Crippen LogP) is 4.72. The van der Waals surface area contributed by atoms with Crippen LogP contribution in [0.3, 0.4) is 0 Å². The summed E-state index contributed by atoms with van der Waals surface area (Å²) in [5.74, 6) is 0.630. The third-order valence-corrected chi connectivity index (χ3v) is 13.1. The van der Waals surface area contributed by atoms with Gasteiger partial charge in [0.2, 0.25) is 0 Å². The van der Waals surface area contributed by atoms with Crippen LogP contribution in [0.15, 0.2) is 95.7 Å². The molecule has 1 unspecified atom stereocenters. The molecule has 296 valence electrons. The Morgan fingerprint density at radius 3 is 2.57 bits per heavy atom. The van der Waals surface area contributed by atoms with Crippen molar-refractivity contribution >= 4 is 55.3 Å². The summed E-state index contributed by atoms with van der Waals surface area (Å²) in [5, 5.41) is 24.7. The number of nitrogens with zero attached hydrogens (tertiary/aromatic N) is 4. The van der Waals surface area contributed by atoms with Crippen molar-refractivity contribution in [3.8, 4) is 11.5 Å². The summed E-state index contributed by atoms with van der Waals surface area (Å²) in [6.45, 7) is 8.77. The monoisotopic (exact) mass is 912 g/mol. The first-order valence-electron chi connectivity index (χ1n) is 18.2. The van der Waals surface area contributed by atoms with Crippen LogP contribution in [0.2, 0.25) is 5.02 Å². The Bertz CT molecular complexity index is 2380. The SMILES string of the molecule is C[I-]Nc1ccc(S(=O)(=O)NC(O)c2ccc(N3CCN(CC4=C(c5ccc(Cl)cc5)CC(C)(C)CC4)CC3)cc2Oc2cnc3[nH]ccc3c2)cc1[N+](=O)[O-]. The molecule has 4 N–H and O–H groups in total. The van der Waals surface area contributed by atoms with Gasteiger partial charge in [0.15, 0.2) is 0 Å². The van der Waals surface area contributed by atoms with Crippen LogP contribution < -0.4 is 39.4 Å². The quantitative estimate of drug-likeness (QED) is 0.0325. The Morgan fingerprint density at radius 1 is 1.07 bits per heavy atom. The van der Waals surface area contributed by atoms with Gasteiger partial charge in [0, 0.05) is 49.3 Å². The Hall–Kier alpha value is -4.26. The molecule has 56 heavy (non-hydrogen) atoms. The number of piperazine rings is 1. The molecule has 2 aliphatic rings. The van der Waals surface area contributed by atoms with E-state index in [4.69, 9.17) is 16.3 Å². The van der Waals surface area contributed by atoms with E-state index in [-0.39, 0.29) is 33.0 Å². The van der Waals surface area contributed by atoms with Gasteiger partial charge in [-0.2, -0.15) is 0 Å². The number of nitro groups is 1. The number of aromatic amines is 1. The molecule has 16 heteroatoms. The number of aliphatic hydroxyl groups excluding tert-OH is 1. The summed E-state index contributed by atoms with van der Waals surface area (Å²) in [6.07, 6.45) is 4.81. The van der Waals surface area contributed by atoms with E-state index >= 15 is 0 Å². The van der Waals surface area contributed by atoms with E-state index in [0.29, 0.717) is 11.4 Å². The third-order valence-electron chi connectivity index (χ3n) is 10.4. The van der Waals surface area contributed by atoms with Gasteiger partial charge in [-0.1, -0.05) is 43.2 Å². The molecule has 0 saturated carbocycles. The summed E-state index contributed by atoms with van der Waals surface area (Å²) >= 11 is 5.68. The van der Waals surface area contributed by atoms with Gasteiger partial charge < -0.3 is 9.88 Å². The van der Waals surface area contributed by atoms with Crippen LogP contribution in [0.4, 0.5) is 17.1 Å². The van der Waals surface area contributed by atoms with Crippen LogP contribution in [-0.2, 0) is 10.0 Å². The normalized spacial score (nSPS) is 17.0. The number of sulfonamides is 1. The molecular formula is C40H44ClIN7O6S-. The molecule has 0 bridgehead atoms. The number of nitro benzene ring substituents is 1. The van der Waals surface area contributed by atoms with Crippen molar-refractivity contribution in [1.82, 2.24) is 19.6 Å². The van der Waals surface area contributed by atoms with Gasteiger partial charge in [-0.25, -0.2) is 4.98 Å². The number of hydrogen-bond acceptors (Lipinski definition) is 10. The summed E-state index contributed by atoms with van der Waals surface area (Å²) < 4.78 is 38.6. The van der Waals surface area contributed by atoms with Crippen molar-refractivity contribution in [1.29, 1.82) is 0 Å². The summed E-state index contributed by atoms with van der Waals surface area (Å²) in [7, 11) is -4.41. The number of aliphatic hydroxyl groups is 1. The second kappa shape index (κ2) is 16.7. The number of nitrogens with one attached hydrogen (secondary N) is 3. The first kappa shape index (κ1) is 40.0. The van der Waals surface area contributed by atoms with Crippen molar-refractivity contribution in [2.75, 3.05) is 46.1 Å². The molecule has 7 rings (SSSR count). The van der Waals surface area contributed by atoms with E-state index in [1.807, 2.05) is 29.2 Å². The van der Waals surface area contributed by atoms with Crippen LogP contribution in [-0.4, -0.2) is 71.0 Å². The summed E-state index contributed by atoms with van der Waals surface area (Å²) in [6, 6.07) is 20.7. The molecule has 1 aliphatic carbocycles. The fourth-order valence-electron chi connectivity index (χ4n) is 7.32. The number of hydrogen-bond donors (Lipinski definition) is 4. The molecule has 0 spiro atoms. The molecule has 0 amide bonds. The van der Waals surface area contributed by atoms with E-state index in [1.165, 1.54) is 28.8 Å². The molecule has 1 fully saturated rings. The van der Waals surface area contributed by atoms with E-state index in [0.717, 1.165) is 74.1 Å². The van der Waals surface area contributed by atoms with E-state index in [1.54, 1.807) is 30.6 Å². The van der Waals surface area contributed by atoms with Gasteiger partial charge in [-0.3, -0.25) is 4.90 Å². The second-order valence-corrected chi connectivity index (χ2v) is 18.6. The third kappa shape index (κ3) is 9.13. The number of alkyl halides is 1. The molecule has 13 nitrogen and oxygen atoms in total. The van der Waals surface area contributed by atoms with Crippen LogP contribution in [0.5, 0.6) is 11.5 Å². The number of ether oxygens (including phenoxy) is 1. The van der Waals surface area contributed by atoms with Gasteiger partial charge in [0.1, 0.15) is 5.65 Å². The van der Waals surface area contributed by atoms with Crippen molar-refractivity contribution in [2.45, 2.75) is 44.2 Å². The molecule has 3 aromatic carbocycles. The number of aromatic nitrogens is 2. The molecule has 0 radical (unpaired) electrons. The number of rotatable bonds is 13. The number of halogens is 2. The standard InChI is InChI=1S/C40H44ClIN7O6S/c1-40(2)14-12-28(34(23-40)26-4-6-29(41)7-5-26)25-47-16-18-48(19-17-47)30-8-10-33(37(21-30)55-31-20-27-13-15-43-38(27)44-24-31)39(50)46-56(53,54)32-9-11-35(45-42-3)36(22-32)49(51)52/h4-11,13,15,20-22,24,39,45-46,50H,12,14,16-19,23,25H2,1-3H3,(H,43,44)/q-1. The van der Waals surface area contributed by atoms with Crippen LogP contribution in [0.25, 0.3) is 16.6 Å². The maximum atomic E-state index is 13.5. The van der Waals surface area contributed by atoms with Crippen molar-refractivity contribution in [2.24, 2.45) is 5.41 Å². The zero-order chi connectivity index (χ0) is 39.6. The fraction of sp³-hybridized carbons (Fsp3) is 0.325. The molecule has 2 aromatic heterocycles. The van der Waals surface area contributed by atoms with Gasteiger partial charge in [-0.15, -0.1) is 0 Å². The number of pyridine rings is 1. The number of fused-ring (bicyclic) bond motifs is 1. The first-order chi connectivity index (χ1) is 26.8. The molecule has 1 aliphatic heterocycles. The minimum atomic E-state index is -4.41. The Morgan fingerprint density at radius 2 is 1.84 bits per heavy atom. The van der Waals surface area contributed by atoms with Crippen molar-refractivity contribution in [3.63, 3.8) is 0 Å². The van der Waals surface area contributed by atoms with Gasteiger partial charge in [0.25, 0.3) is 0 Å². The summed E-state index contributed by atoms with van der Waals surface area (Å²) in [4.78, 5) is 24.9. The number of benzene rings is 3. The second-order valence-electron chi connectivity index (χ2n) is 14.8. The molecule has 5 aromatic rings. The fourth-order valence-corrected chi connectivity index (χ4v) is 9.56. The zero-order valence-corrected chi connectivity index (χ0v) is 35.0. The van der Waals surface area contributed by atoms with Crippen LogP contribution in [0.1, 0.15) is 50.5 Å². The molecule has 3 heterocycles. The number of allylic oxidation sites excluding steroid dienone is 1. The van der Waals surface area contributed by atoms with Crippen LogP contribution >= 0.6 is 11.6 Å². The molecule has 1 atom stereocenters. The topological polar surface area (TPSA) is 166 Å². The van der Waals surface area contributed by atoms with E-state index < -0.39 is 42.7 Å². The number of anilines is 2. The minimum absolute atomic E-state index is 0.163. The van der Waals surface area contributed by atoms with Crippen LogP contribution in [0, 0.1) is 15.5 Å². The van der Waals surface area contributed by atoms with E-state index in [2.05, 4.69) is 54.0 Å². The molecule has 1 saturated heterocycles. The number of H-pyrrole nitrogens is 1. The zero-order valence-electron chi connectivity index (χ0n) is 31.3. The van der Waals surface area contributed by atoms with Crippen molar-refractivity contribution in [3.05, 3.63) is 117 Å². The van der Waals surface area contributed by atoms with Gasteiger partial charge >= 0.3 is 160 Å². The molecular weight excluding hydrogens is 869 g/mol. The maximum absolute atomic E-state index is 13.5. The summed E-state index contributed by atoms with van der Waals surface area (Å²) in [5.41, 5.74) is 5.94.